The van der Waals surface area contributed by atoms with Crippen molar-refractivity contribution < 1.29 is 33.0 Å². The molecule has 0 aromatic heterocycles. The molecule has 0 radical (unpaired) electrons. The fourth-order valence-corrected chi connectivity index (χ4v) is 2.60. The normalized spacial score (nSPS) is 10.2. The van der Waals surface area contributed by atoms with Crippen LogP contribution < -0.4 is 20.1 Å². The topological polar surface area (TPSA) is 108 Å². The van der Waals surface area contributed by atoms with Crippen LogP contribution in [0, 0.1) is 5.82 Å². The van der Waals surface area contributed by atoms with Gasteiger partial charge in [-0.05, 0) is 49.4 Å². The molecule has 2 aromatic rings. The Hall–Kier alpha value is -3.62. The molecule has 0 unspecified atom stereocenters. The summed E-state index contributed by atoms with van der Waals surface area (Å²) < 4.78 is 28.9. The van der Waals surface area contributed by atoms with Crippen LogP contribution in [-0.4, -0.2) is 44.7 Å². The number of rotatable bonds is 10. The third kappa shape index (κ3) is 6.20. The number of esters is 1. The van der Waals surface area contributed by atoms with Gasteiger partial charge >= 0.3 is 5.97 Å². The average Bonchev–Trinajstić information content (AvgIpc) is 2.73. The first-order valence-corrected chi connectivity index (χ1v) is 9.18. The van der Waals surface area contributed by atoms with Gasteiger partial charge in [0, 0.05) is 18.7 Å². The Morgan fingerprint density at radius 1 is 1.07 bits per heavy atom. The van der Waals surface area contributed by atoms with Crippen LogP contribution in [-0.2, 0) is 14.3 Å². The molecular formula is C21H23FN2O6. The van der Waals surface area contributed by atoms with E-state index in [1.165, 1.54) is 48.4 Å². The van der Waals surface area contributed by atoms with Gasteiger partial charge in [-0.2, -0.15) is 0 Å². The maximum absolute atomic E-state index is 13.2. The maximum Gasteiger partial charge on any atom is 0.338 e. The molecule has 0 heterocycles. The van der Waals surface area contributed by atoms with Crippen LogP contribution in [0.25, 0.3) is 0 Å². The smallest absolute Gasteiger partial charge is 0.338 e. The van der Waals surface area contributed by atoms with E-state index in [0.29, 0.717) is 23.8 Å². The largest absolute Gasteiger partial charge is 0.493 e. The van der Waals surface area contributed by atoms with Gasteiger partial charge in [0.1, 0.15) is 5.82 Å². The van der Waals surface area contributed by atoms with E-state index >= 15 is 0 Å². The molecule has 9 heteroatoms. The van der Waals surface area contributed by atoms with Crippen molar-refractivity contribution in [3.8, 4) is 11.5 Å². The predicted molar refractivity (Wildman–Crippen MR) is 107 cm³/mol. The number of amides is 2. The van der Waals surface area contributed by atoms with Crippen molar-refractivity contribution in [2.24, 2.45) is 5.73 Å². The number of hydrogen-bond acceptors (Lipinski definition) is 6. The van der Waals surface area contributed by atoms with Crippen molar-refractivity contribution >= 4 is 23.5 Å². The molecule has 2 aromatic carbocycles. The first kappa shape index (κ1) is 22.7. The Balaban J connectivity index is 2.09. The molecule has 30 heavy (non-hydrogen) atoms. The second-order valence-corrected chi connectivity index (χ2v) is 6.11. The van der Waals surface area contributed by atoms with Crippen LogP contribution >= 0.6 is 0 Å². The summed E-state index contributed by atoms with van der Waals surface area (Å²) in [7, 11) is 1.44. The lowest BCUT2D eigenvalue weighted by Crippen LogP contribution is -2.37. The highest BCUT2D eigenvalue weighted by molar-refractivity contribution is 5.97. The first-order chi connectivity index (χ1) is 14.3. The molecule has 2 rings (SSSR count). The molecule has 0 atom stereocenters. The Morgan fingerprint density at radius 2 is 1.77 bits per heavy atom. The highest BCUT2D eigenvalue weighted by Gasteiger charge is 2.20. The Labute approximate surface area is 173 Å². The lowest BCUT2D eigenvalue weighted by Gasteiger charge is -2.22. The third-order valence-electron chi connectivity index (χ3n) is 4.05. The Morgan fingerprint density at radius 3 is 2.37 bits per heavy atom. The SMILES string of the molecule is CCOc1ccc(C(=O)OCC(=O)N(CCC(N)=O)c2ccc(F)cc2)cc1OC. The van der Waals surface area contributed by atoms with Crippen molar-refractivity contribution in [2.75, 3.05) is 31.8 Å². The molecule has 8 nitrogen and oxygen atoms in total. The van der Waals surface area contributed by atoms with Gasteiger partial charge in [-0.1, -0.05) is 0 Å². The second kappa shape index (κ2) is 10.8. The summed E-state index contributed by atoms with van der Waals surface area (Å²) in [5.41, 5.74) is 5.68. The van der Waals surface area contributed by atoms with Crippen molar-refractivity contribution in [1.82, 2.24) is 0 Å². The lowest BCUT2D eigenvalue weighted by molar-refractivity contribution is -0.121. The summed E-state index contributed by atoms with van der Waals surface area (Å²) in [6.07, 6.45) is -0.104. The zero-order chi connectivity index (χ0) is 22.1. The van der Waals surface area contributed by atoms with Gasteiger partial charge in [-0.25, -0.2) is 9.18 Å². The van der Waals surface area contributed by atoms with Crippen molar-refractivity contribution in [3.05, 3.63) is 53.8 Å². The number of methoxy groups -OCH3 is 1. The molecule has 2 N–H and O–H groups in total. The fourth-order valence-electron chi connectivity index (χ4n) is 2.60. The van der Waals surface area contributed by atoms with Gasteiger partial charge in [-0.3, -0.25) is 9.59 Å². The molecule has 0 saturated heterocycles. The summed E-state index contributed by atoms with van der Waals surface area (Å²) in [4.78, 5) is 37.3. The predicted octanol–water partition coefficient (Wildman–Crippen LogP) is 2.30. The van der Waals surface area contributed by atoms with Gasteiger partial charge in [0.2, 0.25) is 5.91 Å². The Kier molecular flexibility index (Phi) is 8.16. The number of carbonyl (C=O) groups excluding carboxylic acids is 3. The molecule has 0 fully saturated rings. The summed E-state index contributed by atoms with van der Waals surface area (Å²) in [6.45, 7) is 1.64. The average molecular weight is 418 g/mol. The van der Waals surface area contributed by atoms with E-state index in [1.807, 2.05) is 6.92 Å². The van der Waals surface area contributed by atoms with E-state index in [1.54, 1.807) is 6.07 Å². The number of nitrogens with two attached hydrogens (primary N) is 1. The van der Waals surface area contributed by atoms with Gasteiger partial charge < -0.3 is 24.8 Å². The molecule has 0 aliphatic carbocycles. The molecule has 160 valence electrons. The van der Waals surface area contributed by atoms with Gasteiger partial charge in [0.05, 0.1) is 19.3 Å². The van der Waals surface area contributed by atoms with Crippen LogP contribution in [0.15, 0.2) is 42.5 Å². The van der Waals surface area contributed by atoms with Crippen LogP contribution in [0.2, 0.25) is 0 Å². The van der Waals surface area contributed by atoms with Crippen LogP contribution in [0.1, 0.15) is 23.7 Å². The van der Waals surface area contributed by atoms with E-state index in [9.17, 15) is 18.8 Å². The molecule has 0 saturated carbocycles. The van der Waals surface area contributed by atoms with Crippen molar-refractivity contribution in [3.63, 3.8) is 0 Å². The fraction of sp³-hybridized carbons (Fsp3) is 0.286. The summed E-state index contributed by atoms with van der Waals surface area (Å²) in [5, 5.41) is 0. The van der Waals surface area contributed by atoms with E-state index in [4.69, 9.17) is 19.9 Å². The van der Waals surface area contributed by atoms with E-state index in [-0.39, 0.29) is 18.5 Å². The number of primary amides is 1. The minimum Gasteiger partial charge on any atom is -0.493 e. The minimum absolute atomic E-state index is 0.0335. The second-order valence-electron chi connectivity index (χ2n) is 6.11. The van der Waals surface area contributed by atoms with Crippen LogP contribution in [0.3, 0.4) is 0 Å². The minimum atomic E-state index is -0.737. The Bertz CT molecular complexity index is 901. The number of benzene rings is 2. The van der Waals surface area contributed by atoms with Crippen LogP contribution in [0.5, 0.6) is 11.5 Å². The van der Waals surface area contributed by atoms with E-state index in [0.717, 1.165) is 0 Å². The highest BCUT2D eigenvalue weighted by Crippen LogP contribution is 2.28. The molecule has 0 spiro atoms. The molecule has 0 aliphatic rings. The van der Waals surface area contributed by atoms with Gasteiger partial charge in [-0.15, -0.1) is 0 Å². The van der Waals surface area contributed by atoms with E-state index in [2.05, 4.69) is 0 Å². The molecule has 0 bridgehead atoms. The molecule has 2 amide bonds. The quantitative estimate of drug-likeness (QED) is 0.593. The monoisotopic (exact) mass is 418 g/mol. The zero-order valence-electron chi connectivity index (χ0n) is 16.7. The van der Waals surface area contributed by atoms with Gasteiger partial charge in [0.25, 0.3) is 5.91 Å². The van der Waals surface area contributed by atoms with Crippen LogP contribution in [0.4, 0.5) is 10.1 Å². The zero-order valence-corrected chi connectivity index (χ0v) is 16.7. The number of halogens is 1. The standard InChI is InChI=1S/C21H23FN2O6/c1-3-29-17-9-4-14(12-18(17)28-2)21(27)30-13-20(26)24(11-10-19(23)25)16-7-5-15(22)6-8-16/h4-9,12H,3,10-11,13H2,1-2H3,(H2,23,25). The molecule has 0 aliphatic heterocycles. The first-order valence-electron chi connectivity index (χ1n) is 9.18. The third-order valence-corrected chi connectivity index (χ3v) is 4.05. The lowest BCUT2D eigenvalue weighted by atomic mass is 10.2. The number of carbonyl (C=O) groups is 3. The van der Waals surface area contributed by atoms with Crippen molar-refractivity contribution in [1.29, 1.82) is 0 Å². The summed E-state index contributed by atoms with van der Waals surface area (Å²) in [5.74, 6) is -1.58. The van der Waals surface area contributed by atoms with E-state index < -0.39 is 30.2 Å². The number of anilines is 1. The van der Waals surface area contributed by atoms with Crippen molar-refractivity contribution in [2.45, 2.75) is 13.3 Å². The number of ether oxygens (including phenoxy) is 3. The number of nitrogens with zero attached hydrogens (tertiary/aromatic N) is 1. The number of hydrogen-bond donors (Lipinski definition) is 1. The van der Waals surface area contributed by atoms with Gasteiger partial charge in [0.15, 0.2) is 18.1 Å². The highest BCUT2D eigenvalue weighted by atomic mass is 19.1. The maximum atomic E-state index is 13.2. The summed E-state index contributed by atoms with van der Waals surface area (Å²) >= 11 is 0. The molecular weight excluding hydrogens is 395 g/mol. The summed E-state index contributed by atoms with van der Waals surface area (Å²) in [6, 6.07) is 9.63.